The highest BCUT2D eigenvalue weighted by atomic mass is 32.2. The number of nitrogens with zero attached hydrogens (tertiary/aromatic N) is 4. The van der Waals surface area contributed by atoms with Crippen LogP contribution in [0.25, 0.3) is 0 Å². The van der Waals surface area contributed by atoms with Crippen molar-refractivity contribution in [1.82, 2.24) is 18.4 Å². The summed E-state index contributed by atoms with van der Waals surface area (Å²) >= 11 is 0. The summed E-state index contributed by atoms with van der Waals surface area (Å²) in [7, 11) is -4.89. The van der Waals surface area contributed by atoms with Gasteiger partial charge < -0.3 is 16.4 Å². The summed E-state index contributed by atoms with van der Waals surface area (Å²) < 4.78 is 53.7. The highest BCUT2D eigenvalue weighted by Crippen LogP contribution is 2.25. The van der Waals surface area contributed by atoms with Gasteiger partial charge in [-0.1, -0.05) is 12.6 Å². The molecule has 11 nitrogen and oxygen atoms in total. The van der Waals surface area contributed by atoms with E-state index in [0.29, 0.717) is 38.2 Å². The van der Waals surface area contributed by atoms with Gasteiger partial charge in [-0.2, -0.15) is 4.31 Å². The second-order valence-electron chi connectivity index (χ2n) is 9.70. The molecule has 1 amide bonds. The van der Waals surface area contributed by atoms with E-state index in [1.807, 2.05) is 0 Å². The number of hydrogen-bond donors (Lipinski definition) is 2. The molecule has 1 aromatic rings. The van der Waals surface area contributed by atoms with Crippen LogP contribution >= 0.6 is 0 Å². The van der Waals surface area contributed by atoms with Crippen LogP contribution in [0.3, 0.4) is 0 Å². The van der Waals surface area contributed by atoms with Gasteiger partial charge in [0.05, 0.1) is 9.79 Å². The van der Waals surface area contributed by atoms with Crippen LogP contribution in [0.1, 0.15) is 12.8 Å². The van der Waals surface area contributed by atoms with Crippen LogP contribution in [0.5, 0.6) is 0 Å². The number of carbonyl (C=O) groups is 1. The minimum atomic E-state index is -3.91. The Bertz CT molecular complexity index is 1290. The van der Waals surface area contributed by atoms with E-state index in [2.05, 4.69) is 11.5 Å². The molecule has 2 saturated heterocycles. The minimum Gasteiger partial charge on any atom is -0.405 e. The normalized spacial score (nSPS) is 19.3. The molecular weight excluding hydrogens is 528 g/mol. The number of sulfonamides is 2. The fraction of sp³-hybridized carbons (Fsp3) is 0.480. The Labute approximate surface area is 226 Å². The van der Waals surface area contributed by atoms with Crippen LogP contribution in [0.15, 0.2) is 70.3 Å². The van der Waals surface area contributed by atoms with Crippen molar-refractivity contribution >= 4 is 26.0 Å². The van der Waals surface area contributed by atoms with E-state index >= 15 is 0 Å². The zero-order chi connectivity index (χ0) is 28.1. The third kappa shape index (κ3) is 7.03. The largest absolute Gasteiger partial charge is 0.405 e. The molecule has 38 heavy (non-hydrogen) atoms. The van der Waals surface area contributed by atoms with Crippen LogP contribution in [-0.2, 0) is 24.8 Å². The number of benzene rings is 1. The minimum absolute atomic E-state index is 0.0497. The molecule has 3 rings (SSSR count). The molecule has 0 aromatic heterocycles. The van der Waals surface area contributed by atoms with Gasteiger partial charge in [-0.3, -0.25) is 9.69 Å². The molecule has 0 saturated carbocycles. The van der Waals surface area contributed by atoms with E-state index in [1.54, 1.807) is 17.1 Å². The molecule has 210 valence electrons. The van der Waals surface area contributed by atoms with Crippen molar-refractivity contribution in [3.8, 4) is 0 Å². The SMILES string of the molecule is C=C(N)/C=C(\C=C/N)CN1CCC(C(=O)N2CCN(S(=O)(=O)c3cccc(S(=O)(=O)N(C)C)c3)CC2)CC1. The molecule has 0 atom stereocenters. The van der Waals surface area contributed by atoms with E-state index in [1.165, 1.54) is 48.9 Å². The second-order valence-corrected chi connectivity index (χ2v) is 13.8. The monoisotopic (exact) mass is 566 g/mol. The number of likely N-dealkylation sites (tertiary alicyclic amines) is 1. The van der Waals surface area contributed by atoms with Crippen molar-refractivity contribution in [2.24, 2.45) is 17.4 Å². The molecule has 1 aromatic carbocycles. The molecule has 0 radical (unpaired) electrons. The molecule has 2 heterocycles. The average molecular weight is 567 g/mol. The van der Waals surface area contributed by atoms with Crippen LogP contribution in [0, 0.1) is 5.92 Å². The molecule has 2 fully saturated rings. The zero-order valence-corrected chi connectivity index (χ0v) is 23.6. The van der Waals surface area contributed by atoms with Gasteiger partial charge in [0.25, 0.3) is 0 Å². The average Bonchev–Trinajstić information content (AvgIpc) is 2.88. The number of carbonyl (C=O) groups excluding carboxylic acids is 1. The maximum absolute atomic E-state index is 13.2. The van der Waals surface area contributed by atoms with Gasteiger partial charge in [0, 0.05) is 58.4 Å². The summed E-state index contributed by atoms with van der Waals surface area (Å²) in [6, 6.07) is 5.37. The van der Waals surface area contributed by atoms with Gasteiger partial charge in [-0.05, 0) is 68.1 Å². The molecule has 0 bridgehead atoms. The highest BCUT2D eigenvalue weighted by molar-refractivity contribution is 7.90. The van der Waals surface area contributed by atoms with E-state index in [-0.39, 0.29) is 34.7 Å². The lowest BCUT2D eigenvalue weighted by Crippen LogP contribution is -2.52. The van der Waals surface area contributed by atoms with Crippen molar-refractivity contribution in [2.45, 2.75) is 22.6 Å². The molecule has 2 aliphatic heterocycles. The van der Waals surface area contributed by atoms with Gasteiger partial charge in [0.15, 0.2) is 0 Å². The third-order valence-electron chi connectivity index (χ3n) is 6.80. The number of rotatable bonds is 9. The summed E-state index contributed by atoms with van der Waals surface area (Å²) in [5.41, 5.74) is 12.6. The van der Waals surface area contributed by atoms with Crippen molar-refractivity contribution < 1.29 is 21.6 Å². The fourth-order valence-electron chi connectivity index (χ4n) is 4.67. The maximum Gasteiger partial charge on any atom is 0.243 e. The standard InChI is InChI=1S/C25H38N6O5S2/c1-20(27)17-21(7-10-26)19-29-11-8-22(9-12-29)25(32)30-13-15-31(16-14-30)38(35,36)24-6-4-5-23(18-24)37(33,34)28(2)3/h4-7,10,17-18,22H,1,8-9,11-16,19,26-27H2,2-3H3/b10-7-,21-17+. The zero-order valence-electron chi connectivity index (χ0n) is 22.0. The highest BCUT2D eigenvalue weighted by Gasteiger charge is 2.34. The van der Waals surface area contributed by atoms with E-state index in [0.717, 1.165) is 23.0 Å². The number of piperidine rings is 1. The van der Waals surface area contributed by atoms with Gasteiger partial charge in [0.2, 0.25) is 26.0 Å². The Kier molecular flexibility index (Phi) is 9.76. The van der Waals surface area contributed by atoms with Gasteiger partial charge >= 0.3 is 0 Å². The summed E-state index contributed by atoms with van der Waals surface area (Å²) in [5, 5.41) is 0. The number of hydrogen-bond acceptors (Lipinski definition) is 8. The predicted molar refractivity (Wildman–Crippen MR) is 147 cm³/mol. The van der Waals surface area contributed by atoms with Gasteiger partial charge in [0.1, 0.15) is 0 Å². The molecule has 4 N–H and O–H groups in total. The first-order valence-corrected chi connectivity index (χ1v) is 15.3. The van der Waals surface area contributed by atoms with Crippen molar-refractivity contribution in [1.29, 1.82) is 0 Å². The van der Waals surface area contributed by atoms with E-state index in [9.17, 15) is 21.6 Å². The fourth-order valence-corrected chi connectivity index (χ4v) is 7.16. The maximum atomic E-state index is 13.2. The van der Waals surface area contributed by atoms with Crippen molar-refractivity contribution in [2.75, 3.05) is 59.9 Å². The molecule has 0 spiro atoms. The summed E-state index contributed by atoms with van der Waals surface area (Å²) in [5.74, 6) is -0.0574. The Hall–Kier alpha value is -2.71. The quantitative estimate of drug-likeness (QED) is 0.407. The lowest BCUT2D eigenvalue weighted by atomic mass is 9.94. The first-order chi connectivity index (χ1) is 17.9. The third-order valence-corrected chi connectivity index (χ3v) is 10.5. The molecule has 13 heteroatoms. The molecular formula is C25H38N6O5S2. The Morgan fingerprint density at radius 2 is 1.66 bits per heavy atom. The van der Waals surface area contributed by atoms with Crippen molar-refractivity contribution in [3.05, 3.63) is 60.5 Å². The summed E-state index contributed by atoms with van der Waals surface area (Å²) in [4.78, 5) is 17.0. The van der Waals surface area contributed by atoms with Gasteiger partial charge in [-0.25, -0.2) is 21.1 Å². The predicted octanol–water partition coefficient (Wildman–Crippen LogP) is 0.353. The second kappa shape index (κ2) is 12.4. The van der Waals surface area contributed by atoms with E-state index in [4.69, 9.17) is 11.5 Å². The topological polar surface area (TPSA) is 150 Å². The molecule has 2 aliphatic rings. The summed E-state index contributed by atoms with van der Waals surface area (Å²) in [6.07, 6.45) is 6.47. The number of piperazine rings is 1. The van der Waals surface area contributed by atoms with Crippen molar-refractivity contribution in [3.63, 3.8) is 0 Å². The lowest BCUT2D eigenvalue weighted by Gasteiger charge is -2.38. The molecule has 0 aliphatic carbocycles. The van der Waals surface area contributed by atoms with Crippen LogP contribution < -0.4 is 11.5 Å². The summed E-state index contributed by atoms with van der Waals surface area (Å²) in [6.45, 7) is 6.77. The van der Waals surface area contributed by atoms with E-state index < -0.39 is 20.0 Å². The van der Waals surface area contributed by atoms with Crippen LogP contribution in [-0.4, -0.2) is 101 Å². The lowest BCUT2D eigenvalue weighted by molar-refractivity contribution is -0.138. The molecule has 0 unspecified atom stereocenters. The Balaban J connectivity index is 1.57. The first kappa shape index (κ1) is 29.8. The Morgan fingerprint density at radius 3 is 2.21 bits per heavy atom. The van der Waals surface area contributed by atoms with Crippen LogP contribution in [0.4, 0.5) is 0 Å². The number of nitrogens with two attached hydrogens (primary N) is 2. The first-order valence-electron chi connectivity index (χ1n) is 12.4. The van der Waals surface area contributed by atoms with Crippen LogP contribution in [0.2, 0.25) is 0 Å². The number of allylic oxidation sites excluding steroid dienone is 1. The Morgan fingerprint density at radius 1 is 1.05 bits per heavy atom. The number of amides is 1. The smallest absolute Gasteiger partial charge is 0.243 e. The van der Waals surface area contributed by atoms with Gasteiger partial charge in [-0.15, -0.1) is 0 Å².